The summed E-state index contributed by atoms with van der Waals surface area (Å²) in [4.78, 5) is 47.1. The van der Waals surface area contributed by atoms with Gasteiger partial charge in [-0.25, -0.2) is 18.7 Å². The fourth-order valence-electron chi connectivity index (χ4n) is 6.54. The number of carbonyl (C=O) groups excluding carboxylic acids is 3. The van der Waals surface area contributed by atoms with Crippen LogP contribution in [0.3, 0.4) is 0 Å². The summed E-state index contributed by atoms with van der Waals surface area (Å²) in [5.74, 6) is -0.523. The van der Waals surface area contributed by atoms with Crippen LogP contribution in [-0.2, 0) is 27.3 Å². The van der Waals surface area contributed by atoms with Crippen molar-refractivity contribution in [2.75, 3.05) is 25.0 Å². The highest BCUT2D eigenvalue weighted by molar-refractivity contribution is 6.01. The van der Waals surface area contributed by atoms with Crippen molar-refractivity contribution in [2.24, 2.45) is 0 Å². The SMILES string of the molecule is CC(C)(C)OC(=O)NCc1ccc(-c2ncnn3cc(CCCCN4CCC(c5ccc(NC6CCC(=O)NC6=O)cn5)CC4)cc23)cc1F. The first kappa shape index (κ1) is 34.9. The smallest absolute Gasteiger partial charge is 0.407 e. The summed E-state index contributed by atoms with van der Waals surface area (Å²) in [7, 11) is 0. The predicted octanol–water partition coefficient (Wildman–Crippen LogP) is 5.37. The van der Waals surface area contributed by atoms with Gasteiger partial charge in [0.2, 0.25) is 11.8 Å². The summed E-state index contributed by atoms with van der Waals surface area (Å²) in [6, 6.07) is 10.6. The Morgan fingerprint density at radius 1 is 1.06 bits per heavy atom. The third kappa shape index (κ3) is 9.00. The molecule has 2 aliphatic heterocycles. The van der Waals surface area contributed by atoms with E-state index in [2.05, 4.69) is 42.0 Å². The summed E-state index contributed by atoms with van der Waals surface area (Å²) in [6.45, 7) is 8.45. The van der Waals surface area contributed by atoms with E-state index in [9.17, 15) is 14.4 Å². The maximum Gasteiger partial charge on any atom is 0.407 e. The molecule has 4 aromatic rings. The number of unbranched alkanes of at least 4 members (excludes halogenated alkanes) is 1. The highest BCUT2D eigenvalue weighted by Crippen LogP contribution is 2.29. The third-order valence-corrected chi connectivity index (χ3v) is 9.17. The van der Waals surface area contributed by atoms with Crippen molar-refractivity contribution in [3.63, 3.8) is 0 Å². The van der Waals surface area contributed by atoms with Gasteiger partial charge in [0.25, 0.3) is 0 Å². The van der Waals surface area contributed by atoms with Gasteiger partial charge in [-0.1, -0.05) is 12.1 Å². The second-order valence-corrected chi connectivity index (χ2v) is 14.1. The second-order valence-electron chi connectivity index (χ2n) is 14.1. The number of fused-ring (bicyclic) bond motifs is 1. The van der Waals surface area contributed by atoms with Crippen molar-refractivity contribution < 1.29 is 23.5 Å². The lowest BCUT2D eigenvalue weighted by atomic mass is 9.93. The van der Waals surface area contributed by atoms with E-state index >= 15 is 4.39 Å². The van der Waals surface area contributed by atoms with Gasteiger partial charge in [-0.05, 0) is 109 Å². The molecular weight excluding hydrogens is 639 g/mol. The molecular formula is C37H45FN8O4. The number of aryl methyl sites for hydroxylation is 1. The normalized spacial score (nSPS) is 17.5. The minimum absolute atomic E-state index is 0.0199. The molecule has 1 unspecified atom stereocenters. The van der Waals surface area contributed by atoms with Gasteiger partial charge in [0.1, 0.15) is 23.8 Å². The third-order valence-electron chi connectivity index (χ3n) is 9.17. The maximum absolute atomic E-state index is 15.0. The van der Waals surface area contributed by atoms with E-state index in [1.807, 2.05) is 18.3 Å². The van der Waals surface area contributed by atoms with E-state index in [-0.39, 0.29) is 18.4 Å². The van der Waals surface area contributed by atoms with Crippen LogP contribution in [0.1, 0.15) is 82.0 Å². The number of likely N-dealkylation sites (tertiary alicyclic amines) is 1. The van der Waals surface area contributed by atoms with E-state index in [1.54, 1.807) is 43.6 Å². The molecule has 1 aromatic carbocycles. The highest BCUT2D eigenvalue weighted by Gasteiger charge is 2.27. The van der Waals surface area contributed by atoms with Gasteiger partial charge in [-0.3, -0.25) is 19.9 Å². The number of carbonyl (C=O) groups is 3. The van der Waals surface area contributed by atoms with Crippen molar-refractivity contribution in [3.05, 3.63) is 77.8 Å². The lowest BCUT2D eigenvalue weighted by Crippen LogP contribution is -2.47. The van der Waals surface area contributed by atoms with Crippen molar-refractivity contribution in [2.45, 2.75) is 89.8 Å². The molecule has 3 N–H and O–H groups in total. The van der Waals surface area contributed by atoms with E-state index in [4.69, 9.17) is 4.74 Å². The van der Waals surface area contributed by atoms with Crippen LogP contribution in [0.5, 0.6) is 0 Å². The quantitative estimate of drug-likeness (QED) is 0.140. The lowest BCUT2D eigenvalue weighted by Gasteiger charge is -2.31. The van der Waals surface area contributed by atoms with Crippen LogP contribution >= 0.6 is 0 Å². The van der Waals surface area contributed by atoms with Gasteiger partial charge in [-0.2, -0.15) is 5.10 Å². The van der Waals surface area contributed by atoms with Gasteiger partial charge in [0.05, 0.1) is 23.1 Å². The second kappa shape index (κ2) is 15.3. The number of anilines is 1. The molecule has 13 heteroatoms. The molecule has 5 heterocycles. The molecule has 3 aromatic heterocycles. The van der Waals surface area contributed by atoms with Crippen LogP contribution in [0.2, 0.25) is 0 Å². The minimum atomic E-state index is -0.629. The average molecular weight is 685 g/mol. The molecule has 264 valence electrons. The van der Waals surface area contributed by atoms with E-state index in [0.717, 1.165) is 74.2 Å². The van der Waals surface area contributed by atoms with Crippen molar-refractivity contribution in [1.29, 1.82) is 0 Å². The Morgan fingerprint density at radius 2 is 1.88 bits per heavy atom. The van der Waals surface area contributed by atoms with Crippen molar-refractivity contribution >= 4 is 29.1 Å². The topological polar surface area (TPSA) is 143 Å². The fraction of sp³-hybridized carbons (Fsp3) is 0.459. The molecule has 0 aliphatic carbocycles. The molecule has 2 fully saturated rings. The Kier molecular flexibility index (Phi) is 10.7. The number of nitrogens with zero attached hydrogens (tertiary/aromatic N) is 5. The number of alkyl carbamates (subject to hydrolysis) is 1. The first-order chi connectivity index (χ1) is 24.0. The van der Waals surface area contributed by atoms with Gasteiger partial charge in [0, 0.05) is 41.9 Å². The molecule has 0 saturated carbocycles. The number of amides is 3. The van der Waals surface area contributed by atoms with Crippen molar-refractivity contribution in [3.8, 4) is 11.3 Å². The highest BCUT2D eigenvalue weighted by atomic mass is 19.1. The number of benzene rings is 1. The Hall–Kier alpha value is -4.91. The molecule has 3 amide bonds. The van der Waals surface area contributed by atoms with Crippen LogP contribution in [0.25, 0.3) is 16.8 Å². The Labute approximate surface area is 291 Å². The van der Waals surface area contributed by atoms with Gasteiger partial charge in [-0.15, -0.1) is 0 Å². The number of rotatable bonds is 11. The lowest BCUT2D eigenvalue weighted by molar-refractivity contribution is -0.133. The van der Waals surface area contributed by atoms with E-state index < -0.39 is 23.6 Å². The number of nitrogens with one attached hydrogen (secondary N) is 3. The fourth-order valence-corrected chi connectivity index (χ4v) is 6.54. The van der Waals surface area contributed by atoms with Crippen LogP contribution in [0.4, 0.5) is 14.9 Å². The monoisotopic (exact) mass is 684 g/mol. The first-order valence-electron chi connectivity index (χ1n) is 17.4. The number of aromatic nitrogens is 4. The Balaban J connectivity index is 0.949. The zero-order chi connectivity index (χ0) is 35.3. The van der Waals surface area contributed by atoms with E-state index in [0.29, 0.717) is 35.6 Å². The molecule has 0 bridgehead atoms. The average Bonchev–Trinajstić information content (AvgIpc) is 3.51. The summed E-state index contributed by atoms with van der Waals surface area (Å²) in [6.07, 6.45) is 10.7. The van der Waals surface area contributed by atoms with Gasteiger partial charge in [0.15, 0.2) is 0 Å². The molecule has 1 atom stereocenters. The Bertz CT molecular complexity index is 1830. The number of piperidine rings is 2. The molecule has 12 nitrogen and oxygen atoms in total. The zero-order valence-corrected chi connectivity index (χ0v) is 28.9. The first-order valence-corrected chi connectivity index (χ1v) is 17.4. The minimum Gasteiger partial charge on any atom is -0.444 e. The number of imide groups is 1. The molecule has 0 spiro atoms. The summed E-state index contributed by atoms with van der Waals surface area (Å²) in [5, 5.41) is 12.6. The largest absolute Gasteiger partial charge is 0.444 e. The molecule has 2 saturated heterocycles. The van der Waals surface area contributed by atoms with E-state index in [1.165, 1.54) is 12.4 Å². The van der Waals surface area contributed by atoms with Crippen LogP contribution in [-0.4, -0.2) is 73.7 Å². The van der Waals surface area contributed by atoms with Crippen LogP contribution < -0.4 is 16.0 Å². The zero-order valence-electron chi connectivity index (χ0n) is 28.9. The summed E-state index contributed by atoms with van der Waals surface area (Å²) < 4.78 is 22.1. The number of pyridine rings is 1. The number of hydrogen-bond donors (Lipinski definition) is 3. The molecule has 50 heavy (non-hydrogen) atoms. The number of ether oxygens (including phenoxy) is 1. The standard InChI is InChI=1S/C37H45FN8O4/c1-37(2,3)50-36(49)40-20-27-8-7-26(19-29(27)38)34-32-18-24(22-46(32)42-23-41-34)6-4-5-15-45-16-13-25(14-17-45)30-10-9-28(21-39-30)43-31-11-12-33(47)44-35(31)48/h7-10,18-19,21-23,25,31,43H,4-6,11-17,20H2,1-3H3,(H,40,49)(H,44,47,48). The maximum atomic E-state index is 15.0. The van der Waals surface area contributed by atoms with Gasteiger partial charge >= 0.3 is 6.09 Å². The molecule has 6 rings (SSSR count). The van der Waals surface area contributed by atoms with Crippen LogP contribution in [0.15, 0.2) is 55.1 Å². The molecule has 2 aliphatic rings. The summed E-state index contributed by atoms with van der Waals surface area (Å²) >= 11 is 0. The van der Waals surface area contributed by atoms with Crippen molar-refractivity contribution in [1.82, 2.24) is 35.1 Å². The summed E-state index contributed by atoms with van der Waals surface area (Å²) in [5.41, 5.74) is 4.85. The van der Waals surface area contributed by atoms with Crippen LogP contribution in [0, 0.1) is 5.82 Å². The predicted molar refractivity (Wildman–Crippen MR) is 187 cm³/mol. The molecule has 0 radical (unpaired) electrons. The number of hydrogen-bond acceptors (Lipinski definition) is 9. The number of halogens is 1. The van der Waals surface area contributed by atoms with Gasteiger partial charge < -0.3 is 20.3 Å². The Morgan fingerprint density at radius 3 is 2.60 bits per heavy atom.